The molecule has 0 heterocycles. The highest BCUT2D eigenvalue weighted by atomic mass is 35.5. The molecule has 0 radical (unpaired) electrons. The Kier molecular flexibility index (Phi) is 5.17. The van der Waals surface area contributed by atoms with E-state index in [9.17, 15) is 8.42 Å². The topological polar surface area (TPSA) is 63.4 Å². The van der Waals surface area contributed by atoms with Gasteiger partial charge in [-0.25, -0.2) is 8.42 Å². The number of benzene rings is 1. The lowest BCUT2D eigenvalue weighted by atomic mass is 9.85. The highest BCUT2D eigenvalue weighted by Crippen LogP contribution is 2.33. The first kappa shape index (κ1) is 16.6. The average molecular weight is 331 g/mol. The summed E-state index contributed by atoms with van der Waals surface area (Å²) in [5.41, 5.74) is 6.07. The third-order valence-electron chi connectivity index (χ3n) is 4.54. The summed E-state index contributed by atoms with van der Waals surface area (Å²) in [7, 11) is -1.95. The molecule has 1 aromatic rings. The van der Waals surface area contributed by atoms with Crippen molar-refractivity contribution in [1.29, 1.82) is 0 Å². The van der Waals surface area contributed by atoms with Gasteiger partial charge in [0, 0.05) is 18.1 Å². The standard InChI is InChI=1S/C15H23ClN2O2S/c1-3-11-4-7-13(8-5-11)18(2)21(19,20)15-10-12(16)6-9-14(15)17/h6,9-11,13H,3-5,7-8,17H2,1-2H3. The number of sulfonamides is 1. The first-order valence-corrected chi connectivity index (χ1v) is 9.21. The Morgan fingerprint density at radius 3 is 2.48 bits per heavy atom. The minimum absolute atomic E-state index is 0.0520. The van der Waals surface area contributed by atoms with Crippen LogP contribution in [0.3, 0.4) is 0 Å². The van der Waals surface area contributed by atoms with Crippen LogP contribution < -0.4 is 5.73 Å². The van der Waals surface area contributed by atoms with Crippen molar-refractivity contribution in [2.75, 3.05) is 12.8 Å². The Hall–Kier alpha value is -0.780. The van der Waals surface area contributed by atoms with Crippen LogP contribution in [0.4, 0.5) is 5.69 Å². The number of nitrogens with two attached hydrogens (primary N) is 1. The van der Waals surface area contributed by atoms with Crippen LogP contribution in [0.15, 0.2) is 23.1 Å². The minimum Gasteiger partial charge on any atom is -0.398 e. The van der Waals surface area contributed by atoms with Crippen LogP contribution in [0.2, 0.25) is 5.02 Å². The van der Waals surface area contributed by atoms with Crippen molar-refractivity contribution >= 4 is 27.3 Å². The zero-order chi connectivity index (χ0) is 15.6. The van der Waals surface area contributed by atoms with Gasteiger partial charge < -0.3 is 5.73 Å². The molecule has 0 aliphatic heterocycles. The number of nitrogens with zero attached hydrogens (tertiary/aromatic N) is 1. The summed E-state index contributed by atoms with van der Waals surface area (Å²) in [5, 5.41) is 0.380. The number of anilines is 1. The molecule has 1 aliphatic rings. The zero-order valence-electron chi connectivity index (χ0n) is 12.5. The first-order valence-electron chi connectivity index (χ1n) is 7.39. The Bertz CT molecular complexity index is 596. The van der Waals surface area contributed by atoms with Crippen molar-refractivity contribution in [1.82, 2.24) is 4.31 Å². The summed E-state index contributed by atoms with van der Waals surface area (Å²) < 4.78 is 27.0. The summed E-state index contributed by atoms with van der Waals surface area (Å²) in [6, 6.07) is 4.62. The smallest absolute Gasteiger partial charge is 0.245 e. The molecule has 1 aliphatic carbocycles. The number of rotatable bonds is 4. The molecule has 2 rings (SSSR count). The third-order valence-corrected chi connectivity index (χ3v) is 6.74. The molecule has 6 heteroatoms. The predicted octanol–water partition coefficient (Wildman–Crippen LogP) is 3.51. The van der Waals surface area contributed by atoms with E-state index in [-0.39, 0.29) is 16.6 Å². The molecule has 4 nitrogen and oxygen atoms in total. The number of nitrogen functional groups attached to an aromatic ring is 1. The van der Waals surface area contributed by atoms with Crippen molar-refractivity contribution in [3.63, 3.8) is 0 Å². The molecule has 21 heavy (non-hydrogen) atoms. The molecule has 0 spiro atoms. The van der Waals surface area contributed by atoms with Crippen LogP contribution in [0, 0.1) is 5.92 Å². The van der Waals surface area contributed by atoms with Crippen LogP contribution in [-0.4, -0.2) is 25.8 Å². The van der Waals surface area contributed by atoms with Crippen molar-refractivity contribution in [2.45, 2.75) is 50.0 Å². The summed E-state index contributed by atoms with van der Waals surface area (Å²) in [6.45, 7) is 2.19. The second kappa shape index (κ2) is 6.55. The highest BCUT2D eigenvalue weighted by molar-refractivity contribution is 7.89. The lowest BCUT2D eigenvalue weighted by Gasteiger charge is -2.33. The number of halogens is 1. The summed E-state index contributed by atoms with van der Waals surface area (Å²) in [6.07, 6.45) is 5.17. The fourth-order valence-corrected chi connectivity index (χ4v) is 4.79. The molecule has 1 saturated carbocycles. The summed E-state index contributed by atoms with van der Waals surface area (Å²) >= 11 is 5.91. The van der Waals surface area contributed by atoms with Crippen molar-refractivity contribution in [2.24, 2.45) is 5.92 Å². The maximum Gasteiger partial charge on any atom is 0.245 e. The maximum atomic E-state index is 12.7. The summed E-state index contributed by atoms with van der Waals surface area (Å²) in [4.78, 5) is 0.107. The van der Waals surface area contributed by atoms with Gasteiger partial charge in [-0.3, -0.25) is 0 Å². The number of hydrogen-bond donors (Lipinski definition) is 1. The fraction of sp³-hybridized carbons (Fsp3) is 0.600. The van der Waals surface area contributed by atoms with E-state index in [1.54, 1.807) is 13.1 Å². The van der Waals surface area contributed by atoms with Gasteiger partial charge in [0.15, 0.2) is 0 Å². The van der Waals surface area contributed by atoms with Gasteiger partial charge in [0.05, 0.1) is 5.69 Å². The lowest BCUT2D eigenvalue weighted by Crippen LogP contribution is -2.39. The molecular weight excluding hydrogens is 308 g/mol. The molecule has 118 valence electrons. The van der Waals surface area contributed by atoms with Crippen LogP contribution in [0.5, 0.6) is 0 Å². The van der Waals surface area contributed by atoms with Gasteiger partial charge in [-0.15, -0.1) is 0 Å². The van der Waals surface area contributed by atoms with Crippen LogP contribution in [0.1, 0.15) is 39.0 Å². The van der Waals surface area contributed by atoms with Gasteiger partial charge in [-0.2, -0.15) is 4.31 Å². The Balaban J connectivity index is 2.21. The zero-order valence-corrected chi connectivity index (χ0v) is 14.1. The molecular formula is C15H23ClN2O2S. The van der Waals surface area contributed by atoms with Gasteiger partial charge >= 0.3 is 0 Å². The quantitative estimate of drug-likeness (QED) is 0.859. The van der Waals surface area contributed by atoms with Crippen molar-refractivity contribution < 1.29 is 8.42 Å². The molecule has 0 aromatic heterocycles. The van der Waals surface area contributed by atoms with Gasteiger partial charge in [0.2, 0.25) is 10.0 Å². The predicted molar refractivity (Wildman–Crippen MR) is 86.9 cm³/mol. The van der Waals surface area contributed by atoms with E-state index >= 15 is 0 Å². The average Bonchev–Trinajstić information content (AvgIpc) is 2.49. The molecule has 0 saturated heterocycles. The molecule has 0 unspecified atom stereocenters. The monoisotopic (exact) mass is 330 g/mol. The Morgan fingerprint density at radius 1 is 1.29 bits per heavy atom. The molecule has 0 atom stereocenters. The Labute approximate surface area is 132 Å². The van der Waals surface area contributed by atoms with E-state index in [0.29, 0.717) is 5.02 Å². The van der Waals surface area contributed by atoms with Crippen molar-refractivity contribution in [3.8, 4) is 0 Å². The molecule has 0 bridgehead atoms. The highest BCUT2D eigenvalue weighted by Gasteiger charge is 2.32. The summed E-state index contributed by atoms with van der Waals surface area (Å²) in [5.74, 6) is 0.730. The SMILES string of the molecule is CCC1CCC(N(C)S(=O)(=O)c2cc(Cl)ccc2N)CC1. The minimum atomic E-state index is -3.59. The van der Waals surface area contributed by atoms with E-state index in [4.69, 9.17) is 17.3 Å². The van der Waals surface area contributed by atoms with E-state index in [2.05, 4.69) is 6.92 Å². The maximum absolute atomic E-state index is 12.7. The van der Waals surface area contributed by atoms with Crippen molar-refractivity contribution in [3.05, 3.63) is 23.2 Å². The molecule has 0 amide bonds. The van der Waals surface area contributed by atoms with Crippen LogP contribution in [-0.2, 0) is 10.0 Å². The Morgan fingerprint density at radius 2 is 1.90 bits per heavy atom. The van der Waals surface area contributed by atoms with E-state index in [1.165, 1.54) is 22.9 Å². The molecule has 2 N–H and O–H groups in total. The van der Waals surface area contributed by atoms with Crippen LogP contribution >= 0.6 is 11.6 Å². The second-order valence-electron chi connectivity index (χ2n) is 5.79. The normalized spacial score (nSPS) is 23.4. The van der Waals surface area contributed by atoms with E-state index in [1.807, 2.05) is 0 Å². The van der Waals surface area contributed by atoms with E-state index < -0.39 is 10.0 Å². The van der Waals surface area contributed by atoms with Crippen LogP contribution in [0.25, 0.3) is 0 Å². The van der Waals surface area contributed by atoms with Gasteiger partial charge in [-0.05, 0) is 49.8 Å². The first-order chi connectivity index (χ1) is 9.86. The molecule has 1 fully saturated rings. The number of hydrogen-bond acceptors (Lipinski definition) is 3. The second-order valence-corrected chi connectivity index (χ2v) is 8.19. The third kappa shape index (κ3) is 3.52. The lowest BCUT2D eigenvalue weighted by molar-refractivity contribution is 0.233. The van der Waals surface area contributed by atoms with Gasteiger partial charge in [0.25, 0.3) is 0 Å². The van der Waals surface area contributed by atoms with Gasteiger partial charge in [-0.1, -0.05) is 24.9 Å². The fourth-order valence-electron chi connectivity index (χ4n) is 3.00. The van der Waals surface area contributed by atoms with E-state index in [0.717, 1.165) is 31.6 Å². The largest absolute Gasteiger partial charge is 0.398 e. The van der Waals surface area contributed by atoms with Gasteiger partial charge in [0.1, 0.15) is 4.90 Å². The molecule has 1 aromatic carbocycles.